The van der Waals surface area contributed by atoms with Crippen LogP contribution in [0.2, 0.25) is 0 Å². The van der Waals surface area contributed by atoms with Crippen molar-refractivity contribution in [1.82, 2.24) is 4.98 Å². The second-order valence-electron chi connectivity index (χ2n) is 2.44. The minimum Gasteiger partial charge on any atom is -0.361 e. The lowest BCUT2D eigenvalue weighted by Gasteiger charge is -1.90. The van der Waals surface area contributed by atoms with Gasteiger partial charge in [-0.05, 0) is 12.1 Å². The lowest BCUT2D eigenvalue weighted by atomic mass is 10.2. The summed E-state index contributed by atoms with van der Waals surface area (Å²) in [7, 11) is 0. The van der Waals surface area contributed by atoms with Crippen LogP contribution in [0, 0.1) is 10.1 Å². The molecule has 4 nitrogen and oxygen atoms in total. The number of nitrogens with one attached hydrogen (secondary N) is 1. The zero-order valence-corrected chi connectivity index (χ0v) is 6.07. The molecule has 0 spiro atoms. The summed E-state index contributed by atoms with van der Waals surface area (Å²) in [5.41, 5.74) is 0.794. The van der Waals surface area contributed by atoms with E-state index in [1.54, 1.807) is 12.1 Å². The molecular formula is C8H6N2O2. The van der Waals surface area contributed by atoms with Crippen molar-refractivity contribution in [3.05, 3.63) is 40.6 Å². The molecule has 12 heavy (non-hydrogen) atoms. The topological polar surface area (TPSA) is 58.9 Å². The van der Waals surface area contributed by atoms with Gasteiger partial charge in [0.05, 0.1) is 6.29 Å². The zero-order chi connectivity index (χ0) is 9.42. The Morgan fingerprint density at radius 1 is 1.50 bits per heavy atom. The second kappa shape index (κ2) is 2.34. The van der Waals surface area contributed by atoms with E-state index in [0.29, 0.717) is 5.39 Å². The fourth-order valence-corrected chi connectivity index (χ4v) is 1.09. The van der Waals surface area contributed by atoms with Gasteiger partial charge < -0.3 is 4.98 Å². The zero-order valence-electron chi connectivity index (χ0n) is 7.07. The van der Waals surface area contributed by atoms with Crippen molar-refractivity contribution in [3.8, 4) is 0 Å². The van der Waals surface area contributed by atoms with Gasteiger partial charge in [-0.1, -0.05) is 0 Å². The van der Waals surface area contributed by atoms with Crippen LogP contribution in [0.15, 0.2) is 30.4 Å². The van der Waals surface area contributed by atoms with Crippen molar-refractivity contribution in [3.63, 3.8) is 0 Å². The molecule has 1 aromatic heterocycles. The third-order valence-corrected chi connectivity index (χ3v) is 1.68. The Labute approximate surface area is 69.4 Å². The van der Waals surface area contributed by atoms with Gasteiger partial charge >= 0.3 is 0 Å². The van der Waals surface area contributed by atoms with Crippen LogP contribution in [-0.2, 0) is 0 Å². The summed E-state index contributed by atoms with van der Waals surface area (Å²) in [4.78, 5) is 12.7. The van der Waals surface area contributed by atoms with Crippen molar-refractivity contribution in [2.75, 3.05) is 0 Å². The molecule has 0 saturated carbocycles. The van der Waals surface area contributed by atoms with Crippen LogP contribution in [0.3, 0.4) is 0 Å². The normalized spacial score (nSPS) is 11.5. The number of nitro benzene ring substituents is 1. The van der Waals surface area contributed by atoms with Crippen molar-refractivity contribution in [1.29, 1.82) is 0 Å². The molecule has 4 heteroatoms. The number of hydrogen-bond donors (Lipinski definition) is 1. The molecule has 0 atom stereocenters. The quantitative estimate of drug-likeness (QED) is 0.516. The smallest absolute Gasteiger partial charge is 0.270 e. The van der Waals surface area contributed by atoms with E-state index in [1.165, 1.54) is 12.1 Å². The van der Waals surface area contributed by atoms with E-state index in [1.807, 2.05) is 0 Å². The monoisotopic (exact) mass is 163 g/mol. The van der Waals surface area contributed by atoms with Crippen molar-refractivity contribution >= 4 is 16.6 Å². The SMILES string of the molecule is [2H]c1cc2cc([N+](=O)[O-])ccc2[nH]1. The van der Waals surface area contributed by atoms with Gasteiger partial charge in [-0.2, -0.15) is 0 Å². The van der Waals surface area contributed by atoms with Crippen LogP contribution in [0.25, 0.3) is 10.9 Å². The molecule has 0 aliphatic heterocycles. The Balaban J connectivity index is 2.67. The van der Waals surface area contributed by atoms with Gasteiger partial charge in [-0.25, -0.2) is 0 Å². The number of benzene rings is 1. The summed E-state index contributed by atoms with van der Waals surface area (Å²) in [6, 6.07) is 6.02. The van der Waals surface area contributed by atoms with E-state index < -0.39 is 4.92 Å². The van der Waals surface area contributed by atoms with Gasteiger partial charge in [0.2, 0.25) is 0 Å². The van der Waals surface area contributed by atoms with E-state index in [2.05, 4.69) is 4.98 Å². The van der Waals surface area contributed by atoms with E-state index in [-0.39, 0.29) is 11.9 Å². The van der Waals surface area contributed by atoms with Gasteiger partial charge in [0.15, 0.2) is 0 Å². The fourth-order valence-electron chi connectivity index (χ4n) is 1.09. The van der Waals surface area contributed by atoms with Gasteiger partial charge in [-0.15, -0.1) is 0 Å². The van der Waals surface area contributed by atoms with Crippen LogP contribution >= 0.6 is 0 Å². The van der Waals surface area contributed by atoms with Crippen molar-refractivity contribution in [2.24, 2.45) is 0 Å². The van der Waals surface area contributed by atoms with Crippen LogP contribution in [-0.4, -0.2) is 9.91 Å². The molecule has 60 valence electrons. The number of fused-ring (bicyclic) bond motifs is 1. The highest BCUT2D eigenvalue weighted by atomic mass is 16.6. The highest BCUT2D eigenvalue weighted by molar-refractivity contribution is 5.81. The minimum absolute atomic E-state index is 0.0477. The first-order valence-corrected chi connectivity index (χ1v) is 3.40. The van der Waals surface area contributed by atoms with Crippen molar-refractivity contribution in [2.45, 2.75) is 0 Å². The third-order valence-electron chi connectivity index (χ3n) is 1.68. The number of non-ortho nitro benzene ring substituents is 1. The largest absolute Gasteiger partial charge is 0.361 e. The molecule has 1 aromatic carbocycles. The van der Waals surface area contributed by atoms with E-state index in [0.717, 1.165) is 5.52 Å². The predicted molar refractivity (Wildman–Crippen MR) is 45.0 cm³/mol. The molecular weight excluding hydrogens is 156 g/mol. The summed E-state index contributed by atoms with van der Waals surface area (Å²) in [6.07, 6.45) is 0.260. The number of aromatic amines is 1. The van der Waals surface area contributed by atoms with Crippen LogP contribution in [0.1, 0.15) is 1.37 Å². The van der Waals surface area contributed by atoms with E-state index in [9.17, 15) is 10.1 Å². The molecule has 0 amide bonds. The highest BCUT2D eigenvalue weighted by Crippen LogP contribution is 2.18. The van der Waals surface area contributed by atoms with Crippen molar-refractivity contribution < 1.29 is 6.29 Å². The molecule has 0 aliphatic carbocycles. The average Bonchev–Trinajstić information content (AvgIpc) is 2.42. The average molecular weight is 163 g/mol. The number of rotatable bonds is 1. The van der Waals surface area contributed by atoms with Gasteiger partial charge in [0, 0.05) is 29.2 Å². The maximum absolute atomic E-state index is 10.4. The van der Waals surface area contributed by atoms with E-state index >= 15 is 0 Å². The minimum atomic E-state index is -0.448. The second-order valence-corrected chi connectivity index (χ2v) is 2.44. The number of aromatic nitrogens is 1. The maximum atomic E-state index is 10.4. The van der Waals surface area contributed by atoms with Gasteiger partial charge in [-0.3, -0.25) is 10.1 Å². The Hall–Kier alpha value is -1.84. The van der Waals surface area contributed by atoms with Crippen LogP contribution in [0.5, 0.6) is 0 Å². The summed E-state index contributed by atoms with van der Waals surface area (Å²) in [5.74, 6) is 0. The van der Waals surface area contributed by atoms with E-state index in [4.69, 9.17) is 1.37 Å². The Kier molecular flexibility index (Phi) is 1.12. The van der Waals surface area contributed by atoms with Crippen LogP contribution in [0.4, 0.5) is 5.69 Å². The Morgan fingerprint density at radius 3 is 3.08 bits per heavy atom. The number of H-pyrrole nitrogens is 1. The Morgan fingerprint density at radius 2 is 2.33 bits per heavy atom. The highest BCUT2D eigenvalue weighted by Gasteiger charge is 2.05. The van der Waals surface area contributed by atoms with Gasteiger partial charge in [0.25, 0.3) is 5.69 Å². The molecule has 0 bridgehead atoms. The van der Waals surface area contributed by atoms with Gasteiger partial charge in [0.1, 0.15) is 0 Å². The number of nitro groups is 1. The predicted octanol–water partition coefficient (Wildman–Crippen LogP) is 2.08. The molecule has 0 saturated heterocycles. The first-order chi connectivity index (χ1) is 6.16. The molecule has 0 fully saturated rings. The summed E-state index contributed by atoms with van der Waals surface area (Å²) >= 11 is 0. The molecule has 0 unspecified atom stereocenters. The molecule has 0 aliphatic rings. The lowest BCUT2D eigenvalue weighted by molar-refractivity contribution is -0.384. The fraction of sp³-hybridized carbons (Fsp3) is 0. The molecule has 2 aromatic rings. The lowest BCUT2D eigenvalue weighted by Crippen LogP contribution is -1.86. The summed E-state index contributed by atoms with van der Waals surface area (Å²) in [5, 5.41) is 11.1. The van der Waals surface area contributed by atoms with Crippen LogP contribution < -0.4 is 0 Å². The molecule has 1 heterocycles. The molecule has 1 N–H and O–H groups in total. The first-order valence-electron chi connectivity index (χ1n) is 3.90. The number of nitrogens with zero attached hydrogens (tertiary/aromatic N) is 1. The Bertz CT molecular complexity index is 478. The standard InChI is InChI=1S/C8H6N2O2/c11-10(12)7-1-2-8-6(5-7)3-4-9-8/h1-5,9H/i4D. The maximum Gasteiger partial charge on any atom is 0.270 e. The molecule has 0 radical (unpaired) electrons. The third kappa shape index (κ3) is 0.934. The number of hydrogen-bond acceptors (Lipinski definition) is 2. The summed E-state index contributed by atoms with van der Waals surface area (Å²) < 4.78 is 7.28. The first kappa shape index (κ1) is 5.77. The summed E-state index contributed by atoms with van der Waals surface area (Å²) in [6.45, 7) is 0. The molecule has 2 rings (SSSR count).